The summed E-state index contributed by atoms with van der Waals surface area (Å²) in [5.41, 5.74) is 2.59. The molecule has 0 bridgehead atoms. The first kappa shape index (κ1) is 27.9. The summed E-state index contributed by atoms with van der Waals surface area (Å²) >= 11 is 0. The van der Waals surface area contributed by atoms with Gasteiger partial charge >= 0.3 is 0 Å². The molecule has 2 aliphatic rings. The topological polar surface area (TPSA) is 60.0 Å². The summed E-state index contributed by atoms with van der Waals surface area (Å²) in [5.74, 6) is 1.47. The Morgan fingerprint density at radius 3 is 2.52 bits per heavy atom. The number of benzene rings is 1. The molecule has 1 saturated carbocycles. The van der Waals surface area contributed by atoms with Crippen LogP contribution in [0.4, 0.5) is 0 Å². The van der Waals surface area contributed by atoms with Gasteiger partial charge in [0.25, 0.3) is 0 Å². The van der Waals surface area contributed by atoms with Crippen LogP contribution in [0.1, 0.15) is 70.4 Å². The predicted octanol–water partition coefficient (Wildman–Crippen LogP) is 4.38. The van der Waals surface area contributed by atoms with Crippen molar-refractivity contribution in [2.24, 2.45) is 10.9 Å². The molecule has 6 nitrogen and oxygen atoms in total. The Balaban J connectivity index is 0.00000385. The highest BCUT2D eigenvalue weighted by atomic mass is 127. The number of halogens is 1. The normalized spacial score (nSPS) is 19.6. The van der Waals surface area contributed by atoms with E-state index in [9.17, 15) is 4.79 Å². The molecule has 1 amide bonds. The summed E-state index contributed by atoms with van der Waals surface area (Å²) in [6, 6.07) is 9.36. The second kappa shape index (κ2) is 14.1. The minimum absolute atomic E-state index is 0. The fourth-order valence-corrected chi connectivity index (χ4v) is 4.68. The van der Waals surface area contributed by atoms with E-state index < -0.39 is 0 Å². The number of nitrogens with one attached hydrogen (secondary N) is 2. The quantitative estimate of drug-likeness (QED) is 0.277. The van der Waals surface area contributed by atoms with E-state index in [4.69, 9.17) is 4.99 Å². The van der Waals surface area contributed by atoms with E-state index in [0.29, 0.717) is 18.5 Å². The molecular formula is C26H44IN5O. The van der Waals surface area contributed by atoms with E-state index in [0.717, 1.165) is 51.4 Å². The van der Waals surface area contributed by atoms with Gasteiger partial charge in [-0.1, -0.05) is 43.5 Å². The highest BCUT2D eigenvalue weighted by molar-refractivity contribution is 14.0. The van der Waals surface area contributed by atoms with Crippen LogP contribution in [0.3, 0.4) is 0 Å². The maximum absolute atomic E-state index is 12.9. The predicted molar refractivity (Wildman–Crippen MR) is 148 cm³/mol. The highest BCUT2D eigenvalue weighted by Gasteiger charge is 2.31. The molecule has 2 fully saturated rings. The van der Waals surface area contributed by atoms with Crippen LogP contribution in [0.2, 0.25) is 0 Å². The number of guanidine groups is 1. The second-order valence-electron chi connectivity index (χ2n) is 9.72. The average molecular weight is 570 g/mol. The van der Waals surface area contributed by atoms with Gasteiger partial charge in [-0.15, -0.1) is 24.0 Å². The standard InChI is InChI=1S/C26H43N5O.HI/c1-5-27-26(28-17-22-13-9-10-14-23(22)18-30(4)20(2)3)29-24-15-16-31(19-24)25(32)21-11-7-6-8-12-21;/h9-10,13-14,20-21,24H,5-8,11-12,15-19H2,1-4H3,(H2,27,28,29);1H. The van der Waals surface area contributed by atoms with E-state index in [1.54, 1.807) is 0 Å². The molecule has 1 aliphatic heterocycles. The number of hydrogen-bond donors (Lipinski definition) is 2. The molecule has 0 aromatic heterocycles. The molecule has 1 heterocycles. The Kier molecular flexibility index (Phi) is 12.0. The van der Waals surface area contributed by atoms with E-state index >= 15 is 0 Å². The van der Waals surface area contributed by atoms with Gasteiger partial charge in [-0.05, 0) is 58.2 Å². The van der Waals surface area contributed by atoms with Gasteiger partial charge in [-0.3, -0.25) is 9.69 Å². The zero-order valence-corrected chi connectivity index (χ0v) is 23.3. The van der Waals surface area contributed by atoms with Crippen LogP contribution in [-0.4, -0.2) is 60.4 Å². The van der Waals surface area contributed by atoms with E-state index in [2.05, 4.69) is 72.5 Å². The van der Waals surface area contributed by atoms with Crippen LogP contribution in [0.5, 0.6) is 0 Å². The Labute approximate surface area is 218 Å². The molecule has 0 spiro atoms. The van der Waals surface area contributed by atoms with Gasteiger partial charge < -0.3 is 15.5 Å². The van der Waals surface area contributed by atoms with Crippen molar-refractivity contribution in [3.63, 3.8) is 0 Å². The van der Waals surface area contributed by atoms with Crippen molar-refractivity contribution in [3.05, 3.63) is 35.4 Å². The molecule has 2 N–H and O–H groups in total. The largest absolute Gasteiger partial charge is 0.357 e. The molecule has 33 heavy (non-hydrogen) atoms. The summed E-state index contributed by atoms with van der Waals surface area (Å²) in [4.78, 5) is 22.2. The lowest BCUT2D eigenvalue weighted by atomic mass is 9.88. The third kappa shape index (κ3) is 8.42. The average Bonchev–Trinajstić information content (AvgIpc) is 3.27. The third-order valence-electron chi connectivity index (χ3n) is 6.97. The Morgan fingerprint density at radius 2 is 1.85 bits per heavy atom. The minimum atomic E-state index is 0. The molecule has 1 aromatic carbocycles. The lowest BCUT2D eigenvalue weighted by Gasteiger charge is -2.26. The lowest BCUT2D eigenvalue weighted by Crippen LogP contribution is -2.45. The number of rotatable bonds is 8. The summed E-state index contributed by atoms with van der Waals surface area (Å²) in [6.45, 7) is 10.6. The van der Waals surface area contributed by atoms with E-state index in [1.165, 1.54) is 30.4 Å². The number of nitrogens with zero attached hydrogens (tertiary/aromatic N) is 3. The maximum Gasteiger partial charge on any atom is 0.225 e. The third-order valence-corrected chi connectivity index (χ3v) is 6.97. The SMILES string of the molecule is CCNC(=NCc1ccccc1CN(C)C(C)C)NC1CCN(C(=O)C2CCCCC2)C1.I. The van der Waals surface area contributed by atoms with Crippen molar-refractivity contribution in [2.75, 3.05) is 26.7 Å². The van der Waals surface area contributed by atoms with Gasteiger partial charge in [0.1, 0.15) is 0 Å². The summed E-state index contributed by atoms with van der Waals surface area (Å²) in [7, 11) is 2.16. The Bertz CT molecular complexity index is 763. The van der Waals surface area contributed by atoms with Crippen molar-refractivity contribution in [2.45, 2.75) is 84.5 Å². The van der Waals surface area contributed by atoms with E-state index in [1.807, 2.05) is 0 Å². The van der Waals surface area contributed by atoms with Crippen LogP contribution in [0.15, 0.2) is 29.3 Å². The van der Waals surface area contributed by atoms with Crippen molar-refractivity contribution in [1.82, 2.24) is 20.4 Å². The van der Waals surface area contributed by atoms with Crippen molar-refractivity contribution in [1.29, 1.82) is 0 Å². The number of carbonyl (C=O) groups excluding carboxylic acids is 1. The molecule has 1 atom stereocenters. The summed E-state index contributed by atoms with van der Waals surface area (Å²) < 4.78 is 0. The number of likely N-dealkylation sites (tertiary alicyclic amines) is 1. The van der Waals surface area contributed by atoms with Crippen molar-refractivity contribution < 1.29 is 4.79 Å². The van der Waals surface area contributed by atoms with Gasteiger partial charge in [0, 0.05) is 44.2 Å². The fourth-order valence-electron chi connectivity index (χ4n) is 4.68. The smallest absolute Gasteiger partial charge is 0.225 e. The number of aliphatic imine (C=N–C) groups is 1. The van der Waals surface area contributed by atoms with Crippen molar-refractivity contribution in [3.8, 4) is 0 Å². The lowest BCUT2D eigenvalue weighted by molar-refractivity contribution is -0.135. The first-order chi connectivity index (χ1) is 15.5. The summed E-state index contributed by atoms with van der Waals surface area (Å²) in [6.07, 6.45) is 6.83. The second-order valence-corrected chi connectivity index (χ2v) is 9.72. The zero-order valence-electron chi connectivity index (χ0n) is 21.0. The van der Waals surface area contributed by atoms with Gasteiger partial charge in [-0.25, -0.2) is 4.99 Å². The molecule has 1 aliphatic carbocycles. The van der Waals surface area contributed by atoms with E-state index in [-0.39, 0.29) is 35.9 Å². The molecule has 1 aromatic rings. The molecule has 1 unspecified atom stereocenters. The first-order valence-corrected chi connectivity index (χ1v) is 12.6. The van der Waals surface area contributed by atoms with Gasteiger partial charge in [-0.2, -0.15) is 0 Å². The first-order valence-electron chi connectivity index (χ1n) is 12.6. The highest BCUT2D eigenvalue weighted by Crippen LogP contribution is 2.26. The molecule has 1 saturated heterocycles. The van der Waals surface area contributed by atoms with Crippen LogP contribution in [-0.2, 0) is 17.9 Å². The molecule has 3 rings (SSSR count). The molecular weight excluding hydrogens is 525 g/mol. The monoisotopic (exact) mass is 569 g/mol. The number of amides is 1. The molecule has 7 heteroatoms. The van der Waals surface area contributed by atoms with Gasteiger partial charge in [0.2, 0.25) is 5.91 Å². The van der Waals surface area contributed by atoms with Crippen LogP contribution in [0.25, 0.3) is 0 Å². The van der Waals surface area contributed by atoms with Gasteiger partial charge in [0.05, 0.1) is 6.54 Å². The maximum atomic E-state index is 12.9. The molecule has 0 radical (unpaired) electrons. The zero-order chi connectivity index (χ0) is 22.9. The Hall–Kier alpha value is -1.35. The van der Waals surface area contributed by atoms with Crippen LogP contribution >= 0.6 is 24.0 Å². The number of carbonyl (C=O) groups is 1. The van der Waals surface area contributed by atoms with Gasteiger partial charge in [0.15, 0.2) is 5.96 Å². The number of hydrogen-bond acceptors (Lipinski definition) is 3. The summed E-state index contributed by atoms with van der Waals surface area (Å²) in [5, 5.41) is 6.98. The Morgan fingerprint density at radius 1 is 1.15 bits per heavy atom. The minimum Gasteiger partial charge on any atom is -0.357 e. The van der Waals surface area contributed by atoms with Crippen molar-refractivity contribution >= 4 is 35.8 Å². The van der Waals surface area contributed by atoms with Crippen LogP contribution < -0.4 is 10.6 Å². The van der Waals surface area contributed by atoms with Crippen LogP contribution in [0, 0.1) is 5.92 Å². The fraction of sp³-hybridized carbons (Fsp3) is 0.692. The molecule has 186 valence electrons.